The predicted octanol–water partition coefficient (Wildman–Crippen LogP) is 3.29. The summed E-state index contributed by atoms with van der Waals surface area (Å²) in [6.45, 7) is 3.33. The van der Waals surface area contributed by atoms with E-state index in [1.54, 1.807) is 18.2 Å². The molecule has 38 heavy (non-hydrogen) atoms. The monoisotopic (exact) mass is 511 g/mol. The molecule has 194 valence electrons. The molecule has 8 heteroatoms. The number of hydrogen-bond acceptors (Lipinski definition) is 6. The van der Waals surface area contributed by atoms with E-state index in [-0.39, 0.29) is 24.8 Å². The SMILES string of the molecule is O=C1CCC(N2Cc3c(OCc4ccc(CN5CCc6cc(O)ccc6C5)cc4)cccc3C2=O)C(=O)N1. The van der Waals surface area contributed by atoms with Crippen LogP contribution in [0.5, 0.6) is 11.5 Å². The number of fused-ring (bicyclic) bond motifs is 2. The van der Waals surface area contributed by atoms with Gasteiger partial charge in [0.2, 0.25) is 11.8 Å². The zero-order valence-electron chi connectivity index (χ0n) is 21.0. The van der Waals surface area contributed by atoms with E-state index in [4.69, 9.17) is 4.74 Å². The van der Waals surface area contributed by atoms with Crippen LogP contribution < -0.4 is 10.1 Å². The van der Waals surface area contributed by atoms with E-state index < -0.39 is 11.9 Å². The van der Waals surface area contributed by atoms with Crippen LogP contribution in [0, 0.1) is 0 Å². The summed E-state index contributed by atoms with van der Waals surface area (Å²) < 4.78 is 6.14. The number of hydrogen-bond donors (Lipinski definition) is 2. The molecular formula is C30H29N3O5. The Morgan fingerprint density at radius 3 is 2.55 bits per heavy atom. The number of benzene rings is 3. The number of amides is 3. The number of carbonyl (C=O) groups is 3. The lowest BCUT2D eigenvalue weighted by Gasteiger charge is -2.29. The fraction of sp³-hybridized carbons (Fsp3) is 0.300. The minimum atomic E-state index is -0.645. The molecule has 1 atom stereocenters. The normalized spacial score (nSPS) is 19.2. The number of phenols is 1. The molecule has 1 fully saturated rings. The molecule has 0 aromatic heterocycles. The van der Waals surface area contributed by atoms with Crippen molar-refractivity contribution in [3.8, 4) is 11.5 Å². The van der Waals surface area contributed by atoms with Crippen LogP contribution in [0.1, 0.15) is 51.0 Å². The lowest BCUT2D eigenvalue weighted by Crippen LogP contribution is -2.52. The van der Waals surface area contributed by atoms with Gasteiger partial charge in [-0.05, 0) is 59.4 Å². The maximum Gasteiger partial charge on any atom is 0.255 e. The summed E-state index contributed by atoms with van der Waals surface area (Å²) in [4.78, 5) is 40.8. The molecule has 1 saturated heterocycles. The molecule has 8 nitrogen and oxygen atoms in total. The Bertz CT molecular complexity index is 1420. The van der Waals surface area contributed by atoms with Gasteiger partial charge in [-0.25, -0.2) is 0 Å². The van der Waals surface area contributed by atoms with Gasteiger partial charge in [0.05, 0.1) is 6.54 Å². The standard InChI is InChI=1S/C30H29N3O5/c34-23-9-8-22-16-32(13-12-21(22)14-23)15-19-4-6-20(7-5-19)18-38-27-3-1-2-24-25(27)17-33(30(24)37)26-10-11-28(35)31-29(26)36/h1-9,14,26,34H,10-13,15-18H2,(H,31,35,36). The van der Waals surface area contributed by atoms with Crippen molar-refractivity contribution in [2.75, 3.05) is 6.54 Å². The molecule has 0 radical (unpaired) electrons. The highest BCUT2D eigenvalue weighted by Gasteiger charge is 2.40. The summed E-state index contributed by atoms with van der Waals surface area (Å²) in [5, 5.41) is 12.0. The molecule has 0 aliphatic carbocycles. The van der Waals surface area contributed by atoms with Crippen molar-refractivity contribution in [2.24, 2.45) is 0 Å². The number of rotatable bonds is 6. The van der Waals surface area contributed by atoms with Crippen LogP contribution >= 0.6 is 0 Å². The second kappa shape index (κ2) is 9.95. The number of nitrogens with zero attached hydrogens (tertiary/aromatic N) is 2. The fourth-order valence-electron chi connectivity index (χ4n) is 5.59. The molecule has 6 rings (SSSR count). The Hall–Kier alpha value is -4.17. The molecular weight excluding hydrogens is 482 g/mol. The Morgan fingerprint density at radius 2 is 1.74 bits per heavy atom. The van der Waals surface area contributed by atoms with E-state index in [1.807, 2.05) is 18.2 Å². The summed E-state index contributed by atoms with van der Waals surface area (Å²) in [5.74, 6) is 0.0359. The van der Waals surface area contributed by atoms with Crippen molar-refractivity contribution in [1.29, 1.82) is 0 Å². The highest BCUT2D eigenvalue weighted by atomic mass is 16.5. The van der Waals surface area contributed by atoms with E-state index in [1.165, 1.54) is 21.6 Å². The largest absolute Gasteiger partial charge is 0.508 e. The van der Waals surface area contributed by atoms with Gasteiger partial charge in [0, 0.05) is 37.2 Å². The molecule has 3 aromatic carbocycles. The molecule has 3 aromatic rings. The first kappa shape index (κ1) is 24.2. The number of ether oxygens (including phenoxy) is 1. The van der Waals surface area contributed by atoms with E-state index in [2.05, 4.69) is 34.5 Å². The minimum Gasteiger partial charge on any atom is -0.508 e. The third-order valence-corrected chi connectivity index (χ3v) is 7.64. The van der Waals surface area contributed by atoms with Crippen LogP contribution in [0.4, 0.5) is 0 Å². The second-order valence-corrected chi connectivity index (χ2v) is 10.2. The summed E-state index contributed by atoms with van der Waals surface area (Å²) in [6, 6.07) is 18.8. The van der Waals surface area contributed by atoms with Crippen molar-refractivity contribution < 1.29 is 24.2 Å². The number of piperidine rings is 1. The Kier molecular flexibility index (Phi) is 6.33. The zero-order chi connectivity index (χ0) is 26.2. The molecule has 1 unspecified atom stereocenters. The second-order valence-electron chi connectivity index (χ2n) is 10.2. The lowest BCUT2D eigenvalue weighted by molar-refractivity contribution is -0.136. The molecule has 3 amide bonds. The first-order valence-electron chi connectivity index (χ1n) is 12.9. The molecule has 3 aliphatic heterocycles. The maximum absolute atomic E-state index is 13.0. The maximum atomic E-state index is 13.0. The average Bonchev–Trinajstić information content (AvgIpc) is 3.25. The molecule has 0 bridgehead atoms. The van der Waals surface area contributed by atoms with Crippen molar-refractivity contribution in [1.82, 2.24) is 15.1 Å². The third-order valence-electron chi connectivity index (χ3n) is 7.64. The smallest absolute Gasteiger partial charge is 0.255 e. The lowest BCUT2D eigenvalue weighted by atomic mass is 9.99. The molecule has 2 N–H and O–H groups in total. The third kappa shape index (κ3) is 4.75. The van der Waals surface area contributed by atoms with Crippen LogP contribution in [-0.2, 0) is 42.3 Å². The van der Waals surface area contributed by atoms with Crippen molar-refractivity contribution in [3.63, 3.8) is 0 Å². The number of aromatic hydroxyl groups is 1. The number of imide groups is 1. The van der Waals surface area contributed by atoms with Crippen LogP contribution in [0.2, 0.25) is 0 Å². The van der Waals surface area contributed by atoms with Gasteiger partial charge in [0.1, 0.15) is 24.1 Å². The van der Waals surface area contributed by atoms with Crippen LogP contribution in [0.25, 0.3) is 0 Å². The van der Waals surface area contributed by atoms with Crippen molar-refractivity contribution >= 4 is 17.7 Å². The van der Waals surface area contributed by atoms with E-state index in [9.17, 15) is 19.5 Å². The van der Waals surface area contributed by atoms with Crippen LogP contribution in [0.15, 0.2) is 60.7 Å². The quantitative estimate of drug-likeness (QED) is 0.493. The van der Waals surface area contributed by atoms with E-state index in [0.29, 0.717) is 30.1 Å². The Labute approximate surface area is 220 Å². The first-order chi connectivity index (χ1) is 18.4. The molecule has 3 heterocycles. The van der Waals surface area contributed by atoms with Gasteiger partial charge in [-0.2, -0.15) is 0 Å². The molecule has 3 aliphatic rings. The summed E-state index contributed by atoms with van der Waals surface area (Å²) >= 11 is 0. The van der Waals surface area contributed by atoms with Gasteiger partial charge < -0.3 is 14.7 Å². The Balaban J connectivity index is 1.08. The highest BCUT2D eigenvalue weighted by Crippen LogP contribution is 2.34. The molecule has 0 spiro atoms. The summed E-state index contributed by atoms with van der Waals surface area (Å²) in [7, 11) is 0. The topological polar surface area (TPSA) is 99.2 Å². The van der Waals surface area contributed by atoms with Crippen LogP contribution in [0.3, 0.4) is 0 Å². The number of nitrogens with one attached hydrogen (secondary N) is 1. The van der Waals surface area contributed by atoms with Crippen molar-refractivity contribution in [3.05, 3.63) is 94.0 Å². The Morgan fingerprint density at radius 1 is 0.921 bits per heavy atom. The molecule has 0 saturated carbocycles. The predicted molar refractivity (Wildman–Crippen MR) is 139 cm³/mol. The number of carbonyl (C=O) groups excluding carboxylic acids is 3. The van der Waals surface area contributed by atoms with E-state index >= 15 is 0 Å². The van der Waals surface area contributed by atoms with Crippen molar-refractivity contribution in [2.45, 2.75) is 51.5 Å². The van der Waals surface area contributed by atoms with Gasteiger partial charge in [-0.15, -0.1) is 0 Å². The summed E-state index contributed by atoms with van der Waals surface area (Å²) in [5.41, 5.74) is 6.06. The van der Waals surface area contributed by atoms with E-state index in [0.717, 1.165) is 37.2 Å². The van der Waals surface area contributed by atoms with Gasteiger partial charge in [-0.3, -0.25) is 24.6 Å². The van der Waals surface area contributed by atoms with Gasteiger partial charge >= 0.3 is 0 Å². The van der Waals surface area contributed by atoms with Gasteiger partial charge in [-0.1, -0.05) is 36.4 Å². The summed E-state index contributed by atoms with van der Waals surface area (Å²) in [6.07, 6.45) is 1.49. The fourth-order valence-corrected chi connectivity index (χ4v) is 5.59. The highest BCUT2D eigenvalue weighted by molar-refractivity contribution is 6.05. The average molecular weight is 512 g/mol. The number of phenolic OH excluding ortho intramolecular Hbond substituents is 1. The zero-order valence-corrected chi connectivity index (χ0v) is 21.0. The first-order valence-corrected chi connectivity index (χ1v) is 12.9. The van der Waals surface area contributed by atoms with Gasteiger partial charge in [0.15, 0.2) is 0 Å². The van der Waals surface area contributed by atoms with Crippen LogP contribution in [-0.4, -0.2) is 45.2 Å². The minimum absolute atomic E-state index is 0.207. The van der Waals surface area contributed by atoms with Gasteiger partial charge in [0.25, 0.3) is 5.91 Å².